The maximum atomic E-state index is 11.3. The fourth-order valence-corrected chi connectivity index (χ4v) is 8.57. The minimum absolute atomic E-state index is 0. The molecule has 248 valence electrons. The molecule has 7 heteroatoms. The van der Waals surface area contributed by atoms with Crippen molar-refractivity contribution in [3.63, 3.8) is 0 Å². The Balaban J connectivity index is 0.00000374. The molecule has 4 nitrogen and oxygen atoms in total. The van der Waals surface area contributed by atoms with Gasteiger partial charge in [-0.15, -0.1) is 22.7 Å². The molecule has 0 unspecified atom stereocenters. The molecule has 0 fully saturated rings. The first kappa shape index (κ1) is 32.8. The standard InChI is InChI=1S/C44H28N2O2S2.Pt/c47-37-25-39(29-17-9-3-10-18-29)49-43(37)35-23-33(27-13-5-1-6-14-27)31-21-22-32-34(28-15-7-2-8-16-28)24-36(46-42(32)41(31)45-35)44-38(48)26-40(50-44)30-19-11-4-12-20-30;/h1-26,47-48H;. The van der Waals surface area contributed by atoms with E-state index in [0.717, 1.165) is 64.9 Å². The zero-order valence-corrected chi connectivity index (χ0v) is 30.8. The zero-order valence-electron chi connectivity index (χ0n) is 26.9. The fraction of sp³-hybridized carbons (Fsp3) is 0. The Morgan fingerprint density at radius 2 is 0.725 bits per heavy atom. The third kappa shape index (κ3) is 6.06. The van der Waals surface area contributed by atoms with Gasteiger partial charge >= 0.3 is 0 Å². The smallest absolute Gasteiger partial charge is 0.136 e. The number of pyridine rings is 2. The summed E-state index contributed by atoms with van der Waals surface area (Å²) in [6, 6.07) is 52.8. The Hall–Kier alpha value is -5.39. The van der Waals surface area contributed by atoms with E-state index in [1.807, 2.05) is 109 Å². The van der Waals surface area contributed by atoms with E-state index in [1.54, 1.807) is 0 Å². The third-order valence-electron chi connectivity index (χ3n) is 8.93. The number of aromatic hydroxyl groups is 2. The van der Waals surface area contributed by atoms with E-state index in [2.05, 4.69) is 48.5 Å². The summed E-state index contributed by atoms with van der Waals surface area (Å²) in [5, 5.41) is 24.6. The van der Waals surface area contributed by atoms with Gasteiger partial charge in [0.25, 0.3) is 0 Å². The van der Waals surface area contributed by atoms with Crippen molar-refractivity contribution in [3.05, 3.63) is 158 Å². The van der Waals surface area contributed by atoms with Crippen molar-refractivity contribution >= 4 is 44.5 Å². The Bertz CT molecular complexity index is 2470. The molecule has 0 saturated heterocycles. The average molecular weight is 876 g/mol. The summed E-state index contributed by atoms with van der Waals surface area (Å²) in [6.45, 7) is 0. The van der Waals surface area contributed by atoms with Gasteiger partial charge in [0.1, 0.15) is 11.5 Å². The summed E-state index contributed by atoms with van der Waals surface area (Å²) in [5.41, 5.74) is 8.97. The molecule has 4 aromatic heterocycles. The van der Waals surface area contributed by atoms with E-state index in [-0.39, 0.29) is 32.6 Å². The van der Waals surface area contributed by atoms with Crippen LogP contribution in [0.3, 0.4) is 0 Å². The molecule has 0 aliphatic rings. The maximum Gasteiger partial charge on any atom is 0.136 e. The molecule has 2 N–H and O–H groups in total. The molecule has 0 aliphatic carbocycles. The van der Waals surface area contributed by atoms with Gasteiger partial charge in [0.15, 0.2) is 0 Å². The summed E-state index contributed by atoms with van der Waals surface area (Å²) in [6.07, 6.45) is 0. The van der Waals surface area contributed by atoms with Crippen molar-refractivity contribution in [1.29, 1.82) is 0 Å². The predicted octanol–water partition coefficient (Wildman–Crippen LogP) is 12.3. The van der Waals surface area contributed by atoms with Crippen molar-refractivity contribution in [1.82, 2.24) is 9.97 Å². The van der Waals surface area contributed by atoms with Crippen LogP contribution < -0.4 is 0 Å². The first-order chi connectivity index (χ1) is 24.6. The van der Waals surface area contributed by atoms with E-state index in [4.69, 9.17) is 9.97 Å². The van der Waals surface area contributed by atoms with Crippen LogP contribution in [0.1, 0.15) is 0 Å². The second-order valence-corrected chi connectivity index (χ2v) is 14.2. The van der Waals surface area contributed by atoms with Gasteiger partial charge in [-0.3, -0.25) is 0 Å². The molecule has 0 atom stereocenters. The number of hydrogen-bond donors (Lipinski definition) is 2. The number of fused-ring (bicyclic) bond motifs is 3. The topological polar surface area (TPSA) is 66.2 Å². The van der Waals surface area contributed by atoms with Crippen molar-refractivity contribution in [2.24, 2.45) is 0 Å². The molecule has 5 aromatic carbocycles. The first-order valence-electron chi connectivity index (χ1n) is 16.3. The molecule has 0 amide bonds. The van der Waals surface area contributed by atoms with Crippen LogP contribution in [0.5, 0.6) is 11.5 Å². The average Bonchev–Trinajstić information content (AvgIpc) is 3.77. The predicted molar refractivity (Wildman–Crippen MR) is 209 cm³/mol. The van der Waals surface area contributed by atoms with Crippen molar-refractivity contribution in [3.8, 4) is 75.8 Å². The number of rotatable bonds is 6. The summed E-state index contributed by atoms with van der Waals surface area (Å²) >= 11 is 3.04. The maximum absolute atomic E-state index is 11.3. The molecular formula is C44H28N2O2PtS2. The molecule has 0 spiro atoms. The quantitative estimate of drug-likeness (QED) is 0.163. The van der Waals surface area contributed by atoms with Crippen LogP contribution in [0, 0.1) is 0 Å². The van der Waals surface area contributed by atoms with Crippen LogP contribution in [-0.2, 0) is 21.1 Å². The molecule has 9 rings (SSSR count). The minimum atomic E-state index is 0. The molecular weight excluding hydrogens is 848 g/mol. The van der Waals surface area contributed by atoms with E-state index in [1.165, 1.54) is 22.7 Å². The van der Waals surface area contributed by atoms with E-state index < -0.39 is 0 Å². The summed E-state index contributed by atoms with van der Waals surface area (Å²) in [4.78, 5) is 13.9. The Labute approximate surface area is 317 Å². The van der Waals surface area contributed by atoms with Gasteiger partial charge in [0.2, 0.25) is 0 Å². The van der Waals surface area contributed by atoms with Crippen LogP contribution in [0.2, 0.25) is 0 Å². The molecule has 0 bridgehead atoms. The molecule has 9 aromatic rings. The third-order valence-corrected chi connectivity index (χ3v) is 11.3. The Morgan fingerprint density at radius 3 is 1.08 bits per heavy atom. The van der Waals surface area contributed by atoms with Gasteiger partial charge < -0.3 is 10.2 Å². The van der Waals surface area contributed by atoms with Crippen LogP contribution in [0.15, 0.2) is 158 Å². The second kappa shape index (κ2) is 13.7. The first-order valence-corrected chi connectivity index (χ1v) is 17.9. The summed E-state index contributed by atoms with van der Waals surface area (Å²) in [5.74, 6) is 0.381. The Morgan fingerprint density at radius 1 is 0.392 bits per heavy atom. The van der Waals surface area contributed by atoms with Gasteiger partial charge in [-0.25, -0.2) is 9.97 Å². The van der Waals surface area contributed by atoms with Gasteiger partial charge in [-0.1, -0.05) is 133 Å². The van der Waals surface area contributed by atoms with E-state index in [0.29, 0.717) is 21.1 Å². The minimum Gasteiger partial charge on any atom is -0.506 e. The van der Waals surface area contributed by atoms with Crippen LogP contribution in [0.25, 0.3) is 86.1 Å². The van der Waals surface area contributed by atoms with Gasteiger partial charge in [-0.2, -0.15) is 0 Å². The SMILES string of the molecule is Oc1cc(-c2ccccc2)sc1-c1cc(-c2ccccc2)c2ccc3c(-c4ccccc4)cc(-c4sc(-c5ccccc5)cc4O)nc3c2n1.[Pt]. The van der Waals surface area contributed by atoms with E-state index in [9.17, 15) is 10.2 Å². The summed E-state index contributed by atoms with van der Waals surface area (Å²) < 4.78 is 0. The zero-order chi connectivity index (χ0) is 33.6. The number of nitrogens with zero attached hydrogens (tertiary/aromatic N) is 2. The van der Waals surface area contributed by atoms with Crippen LogP contribution in [0.4, 0.5) is 0 Å². The number of aromatic nitrogens is 2. The van der Waals surface area contributed by atoms with Gasteiger partial charge in [-0.05, 0) is 57.6 Å². The second-order valence-electron chi connectivity index (χ2n) is 12.1. The van der Waals surface area contributed by atoms with Crippen LogP contribution in [-0.4, -0.2) is 20.2 Å². The normalized spacial score (nSPS) is 11.1. The monoisotopic (exact) mass is 875 g/mol. The summed E-state index contributed by atoms with van der Waals surface area (Å²) in [7, 11) is 0. The molecule has 0 radical (unpaired) electrons. The van der Waals surface area contributed by atoms with Gasteiger partial charge in [0, 0.05) is 41.6 Å². The van der Waals surface area contributed by atoms with Gasteiger partial charge in [0.05, 0.1) is 32.2 Å². The van der Waals surface area contributed by atoms with Crippen LogP contribution >= 0.6 is 22.7 Å². The van der Waals surface area contributed by atoms with Crippen molar-refractivity contribution < 1.29 is 31.3 Å². The fourth-order valence-electron chi connectivity index (χ4n) is 6.54. The molecule has 4 heterocycles. The van der Waals surface area contributed by atoms with Crippen molar-refractivity contribution in [2.75, 3.05) is 0 Å². The number of hydrogen-bond acceptors (Lipinski definition) is 6. The number of thiophene rings is 2. The largest absolute Gasteiger partial charge is 0.506 e. The molecule has 0 saturated carbocycles. The van der Waals surface area contributed by atoms with Crippen molar-refractivity contribution in [2.45, 2.75) is 0 Å². The molecule has 51 heavy (non-hydrogen) atoms. The van der Waals surface area contributed by atoms with E-state index >= 15 is 0 Å². The number of benzene rings is 5. The molecule has 0 aliphatic heterocycles. The Kier molecular flexibility index (Phi) is 8.83.